The summed E-state index contributed by atoms with van der Waals surface area (Å²) in [6, 6.07) is 13.9. The third-order valence-corrected chi connectivity index (χ3v) is 5.39. The Labute approximate surface area is 184 Å². The summed E-state index contributed by atoms with van der Waals surface area (Å²) >= 11 is 0. The first kappa shape index (κ1) is 21.3. The molecule has 4 aromatic rings. The standard InChI is InChI=1S/C24H24N4O4/c1-5-19(23(29)25-17-10-6-14(2)7-11-17)28-24(30)22-20(15(3)32-27-22)21(26-28)16-8-12-18(31-4)13-9-16/h6-13,19H,5H2,1-4H3,(H,25,29). The Kier molecular flexibility index (Phi) is 5.77. The summed E-state index contributed by atoms with van der Waals surface area (Å²) in [4.78, 5) is 26.3. The van der Waals surface area contributed by atoms with Crippen molar-refractivity contribution in [3.63, 3.8) is 0 Å². The van der Waals surface area contributed by atoms with E-state index in [-0.39, 0.29) is 11.4 Å². The molecule has 32 heavy (non-hydrogen) atoms. The molecule has 0 radical (unpaired) electrons. The van der Waals surface area contributed by atoms with Crippen LogP contribution >= 0.6 is 0 Å². The minimum absolute atomic E-state index is 0.143. The summed E-state index contributed by atoms with van der Waals surface area (Å²) in [5.74, 6) is 0.857. The van der Waals surface area contributed by atoms with E-state index >= 15 is 0 Å². The average Bonchev–Trinajstić information content (AvgIpc) is 3.19. The Balaban J connectivity index is 1.81. The van der Waals surface area contributed by atoms with Crippen LogP contribution < -0.4 is 15.6 Å². The number of amides is 1. The van der Waals surface area contributed by atoms with E-state index < -0.39 is 11.6 Å². The number of methoxy groups -OCH3 is 1. The molecule has 164 valence electrons. The van der Waals surface area contributed by atoms with Gasteiger partial charge in [0.25, 0.3) is 5.56 Å². The largest absolute Gasteiger partial charge is 0.497 e. The number of nitrogens with zero attached hydrogens (tertiary/aromatic N) is 3. The highest BCUT2D eigenvalue weighted by Crippen LogP contribution is 2.29. The zero-order chi connectivity index (χ0) is 22.8. The van der Waals surface area contributed by atoms with Gasteiger partial charge >= 0.3 is 0 Å². The summed E-state index contributed by atoms with van der Waals surface area (Å²) in [6.07, 6.45) is 0.370. The third kappa shape index (κ3) is 3.87. The normalized spacial score (nSPS) is 12.0. The van der Waals surface area contributed by atoms with Gasteiger partial charge in [0.1, 0.15) is 23.2 Å². The van der Waals surface area contributed by atoms with Gasteiger partial charge in [0.2, 0.25) is 5.91 Å². The summed E-state index contributed by atoms with van der Waals surface area (Å²) < 4.78 is 11.7. The Morgan fingerprint density at radius 3 is 2.44 bits per heavy atom. The predicted octanol–water partition coefficient (Wildman–Crippen LogP) is 4.27. The van der Waals surface area contributed by atoms with Crippen molar-refractivity contribution in [2.45, 2.75) is 33.2 Å². The van der Waals surface area contributed by atoms with E-state index in [1.807, 2.05) is 62.4 Å². The van der Waals surface area contributed by atoms with Crippen LogP contribution in [0.4, 0.5) is 5.69 Å². The van der Waals surface area contributed by atoms with E-state index in [0.717, 1.165) is 11.1 Å². The number of benzene rings is 2. The fourth-order valence-electron chi connectivity index (χ4n) is 3.60. The van der Waals surface area contributed by atoms with E-state index in [0.29, 0.717) is 34.7 Å². The van der Waals surface area contributed by atoms with Crippen LogP contribution in [0.1, 0.15) is 30.7 Å². The molecule has 1 unspecified atom stereocenters. The molecule has 0 aliphatic carbocycles. The number of aromatic nitrogens is 3. The SMILES string of the molecule is CCC(C(=O)Nc1ccc(C)cc1)n1nc(-c2ccc(OC)cc2)c2c(C)onc2c1=O. The smallest absolute Gasteiger partial charge is 0.297 e. The summed E-state index contributed by atoms with van der Waals surface area (Å²) in [6.45, 7) is 5.54. The second-order valence-corrected chi connectivity index (χ2v) is 7.57. The van der Waals surface area contributed by atoms with Gasteiger partial charge in [-0.3, -0.25) is 9.59 Å². The first-order chi connectivity index (χ1) is 15.4. The van der Waals surface area contributed by atoms with Gasteiger partial charge in [-0.25, -0.2) is 4.68 Å². The quantitative estimate of drug-likeness (QED) is 0.489. The Bertz CT molecular complexity index is 1320. The van der Waals surface area contributed by atoms with Crippen LogP contribution in [0.25, 0.3) is 22.2 Å². The van der Waals surface area contributed by atoms with Crippen molar-refractivity contribution in [1.29, 1.82) is 0 Å². The molecule has 0 bridgehead atoms. The van der Waals surface area contributed by atoms with Gasteiger partial charge in [0.15, 0.2) is 5.52 Å². The highest BCUT2D eigenvalue weighted by atomic mass is 16.5. The van der Waals surface area contributed by atoms with Crippen LogP contribution in [0.15, 0.2) is 57.8 Å². The molecule has 1 atom stereocenters. The second kappa shape index (κ2) is 8.66. The van der Waals surface area contributed by atoms with Gasteiger partial charge < -0.3 is 14.6 Å². The van der Waals surface area contributed by atoms with Crippen molar-refractivity contribution in [2.75, 3.05) is 12.4 Å². The number of hydrogen-bond donors (Lipinski definition) is 1. The van der Waals surface area contributed by atoms with Gasteiger partial charge in [-0.1, -0.05) is 29.8 Å². The Hall–Kier alpha value is -3.94. The zero-order valence-electron chi connectivity index (χ0n) is 18.4. The lowest BCUT2D eigenvalue weighted by atomic mass is 10.1. The maximum Gasteiger partial charge on any atom is 0.297 e. The molecule has 0 aliphatic rings. The molecule has 8 heteroatoms. The number of anilines is 1. The molecule has 2 heterocycles. The highest BCUT2D eigenvalue weighted by molar-refractivity contribution is 5.95. The molecular formula is C24H24N4O4. The van der Waals surface area contributed by atoms with Crippen LogP contribution in [0.3, 0.4) is 0 Å². The first-order valence-electron chi connectivity index (χ1n) is 10.3. The average molecular weight is 432 g/mol. The number of ether oxygens (including phenoxy) is 1. The van der Waals surface area contributed by atoms with Crippen LogP contribution in [-0.2, 0) is 4.79 Å². The number of hydrogen-bond acceptors (Lipinski definition) is 6. The molecule has 1 amide bonds. The molecule has 2 aromatic carbocycles. The molecule has 0 spiro atoms. The van der Waals surface area contributed by atoms with Gasteiger partial charge in [0, 0.05) is 11.3 Å². The van der Waals surface area contributed by atoms with Gasteiger partial charge in [-0.15, -0.1) is 0 Å². The number of nitrogens with one attached hydrogen (secondary N) is 1. The van der Waals surface area contributed by atoms with Gasteiger partial charge in [0.05, 0.1) is 12.5 Å². The maximum absolute atomic E-state index is 13.2. The molecule has 1 N–H and O–H groups in total. The molecule has 0 saturated carbocycles. The Morgan fingerprint density at radius 1 is 1.12 bits per heavy atom. The number of rotatable bonds is 6. The summed E-state index contributed by atoms with van der Waals surface area (Å²) in [5, 5.41) is 12.0. The van der Waals surface area contributed by atoms with E-state index in [1.54, 1.807) is 14.0 Å². The lowest BCUT2D eigenvalue weighted by molar-refractivity contribution is -0.119. The fraction of sp³-hybridized carbons (Fsp3) is 0.250. The minimum Gasteiger partial charge on any atom is -0.497 e. The maximum atomic E-state index is 13.2. The second-order valence-electron chi connectivity index (χ2n) is 7.57. The van der Waals surface area contributed by atoms with Crippen molar-refractivity contribution >= 4 is 22.5 Å². The monoisotopic (exact) mass is 432 g/mol. The van der Waals surface area contributed by atoms with Crippen LogP contribution in [-0.4, -0.2) is 28.0 Å². The van der Waals surface area contributed by atoms with Gasteiger partial charge in [-0.2, -0.15) is 5.10 Å². The van der Waals surface area contributed by atoms with E-state index in [1.165, 1.54) is 4.68 Å². The predicted molar refractivity (Wildman–Crippen MR) is 122 cm³/mol. The number of aryl methyl sites for hydroxylation is 2. The molecular weight excluding hydrogens is 408 g/mol. The lowest BCUT2D eigenvalue weighted by Gasteiger charge is -2.18. The Morgan fingerprint density at radius 2 is 1.81 bits per heavy atom. The summed E-state index contributed by atoms with van der Waals surface area (Å²) in [5.41, 5.74) is 2.68. The minimum atomic E-state index is -0.817. The van der Waals surface area contributed by atoms with E-state index in [9.17, 15) is 9.59 Å². The van der Waals surface area contributed by atoms with E-state index in [2.05, 4.69) is 15.6 Å². The molecule has 8 nitrogen and oxygen atoms in total. The number of carbonyl (C=O) groups is 1. The first-order valence-corrected chi connectivity index (χ1v) is 10.3. The third-order valence-electron chi connectivity index (χ3n) is 5.39. The number of carbonyl (C=O) groups excluding carboxylic acids is 1. The van der Waals surface area contributed by atoms with E-state index in [4.69, 9.17) is 9.26 Å². The lowest BCUT2D eigenvalue weighted by Crippen LogP contribution is -2.35. The molecule has 0 fully saturated rings. The fourth-order valence-corrected chi connectivity index (χ4v) is 3.60. The van der Waals surface area contributed by atoms with Crippen LogP contribution in [0, 0.1) is 13.8 Å². The number of fused-ring (bicyclic) bond motifs is 1. The van der Waals surface area contributed by atoms with Crippen LogP contribution in [0.2, 0.25) is 0 Å². The zero-order valence-corrected chi connectivity index (χ0v) is 18.4. The molecule has 0 saturated heterocycles. The van der Waals surface area contributed by atoms with Gasteiger partial charge in [-0.05, 0) is 56.7 Å². The van der Waals surface area contributed by atoms with Crippen molar-refractivity contribution < 1.29 is 14.1 Å². The summed E-state index contributed by atoms with van der Waals surface area (Å²) in [7, 11) is 1.59. The van der Waals surface area contributed by atoms with Crippen molar-refractivity contribution in [3.05, 3.63) is 70.2 Å². The van der Waals surface area contributed by atoms with Crippen molar-refractivity contribution in [3.8, 4) is 17.0 Å². The van der Waals surface area contributed by atoms with Crippen LogP contribution in [0.5, 0.6) is 5.75 Å². The molecule has 4 rings (SSSR count). The topological polar surface area (TPSA) is 99.2 Å². The molecule has 2 aromatic heterocycles. The van der Waals surface area contributed by atoms with Crippen molar-refractivity contribution in [2.24, 2.45) is 0 Å². The molecule has 0 aliphatic heterocycles. The highest BCUT2D eigenvalue weighted by Gasteiger charge is 2.26. The van der Waals surface area contributed by atoms with Crippen molar-refractivity contribution in [1.82, 2.24) is 14.9 Å².